The number of rotatable bonds is 6. The number of nitriles is 1. The van der Waals surface area contributed by atoms with Gasteiger partial charge in [-0.1, -0.05) is 23.7 Å². The Morgan fingerprint density at radius 1 is 1.29 bits per heavy atom. The maximum Gasteiger partial charge on any atom is 0.265 e. The number of hydrogen-bond donors (Lipinski definition) is 1. The van der Waals surface area contributed by atoms with Gasteiger partial charge >= 0.3 is 0 Å². The molecule has 2 aromatic carbocycles. The van der Waals surface area contributed by atoms with Crippen LogP contribution in [0.5, 0.6) is 11.5 Å². The zero-order chi connectivity index (χ0) is 17.5. The highest BCUT2D eigenvalue weighted by atomic mass is 35.5. The molecule has 0 radical (unpaired) electrons. The molecule has 24 heavy (non-hydrogen) atoms. The fourth-order valence-corrected chi connectivity index (χ4v) is 2.22. The van der Waals surface area contributed by atoms with Crippen LogP contribution in [-0.2, 0) is 4.79 Å². The molecule has 0 aliphatic rings. The lowest BCUT2D eigenvalue weighted by molar-refractivity contribution is -0.122. The van der Waals surface area contributed by atoms with Gasteiger partial charge in [0.1, 0.15) is 11.5 Å². The summed E-state index contributed by atoms with van der Waals surface area (Å²) < 4.78 is 11.1. The fraction of sp³-hybridized carbons (Fsp3) is 0.222. The first-order valence-corrected chi connectivity index (χ1v) is 7.82. The highest BCUT2D eigenvalue weighted by Crippen LogP contribution is 2.27. The third-order valence-electron chi connectivity index (χ3n) is 3.18. The molecule has 0 fully saturated rings. The van der Waals surface area contributed by atoms with Gasteiger partial charge in [0.15, 0.2) is 6.10 Å². The van der Waals surface area contributed by atoms with Crippen molar-refractivity contribution in [3.63, 3.8) is 0 Å². The fourth-order valence-electron chi connectivity index (χ4n) is 2.00. The van der Waals surface area contributed by atoms with Crippen LogP contribution in [0.2, 0.25) is 5.02 Å². The quantitative estimate of drug-likeness (QED) is 0.859. The molecule has 6 heteroatoms. The summed E-state index contributed by atoms with van der Waals surface area (Å²) in [5.41, 5.74) is 1.00. The Bertz CT molecular complexity index is 771. The lowest BCUT2D eigenvalue weighted by Crippen LogP contribution is -2.30. The molecule has 0 saturated carbocycles. The zero-order valence-corrected chi connectivity index (χ0v) is 14.1. The summed E-state index contributed by atoms with van der Waals surface area (Å²) in [4.78, 5) is 12.3. The lowest BCUT2D eigenvalue weighted by Gasteiger charge is -2.17. The molecule has 1 amide bonds. The van der Waals surface area contributed by atoms with E-state index in [0.717, 1.165) is 0 Å². The van der Waals surface area contributed by atoms with Crippen LogP contribution in [0.15, 0.2) is 42.5 Å². The van der Waals surface area contributed by atoms with Crippen molar-refractivity contribution in [3.05, 3.63) is 53.1 Å². The van der Waals surface area contributed by atoms with E-state index in [2.05, 4.69) is 5.32 Å². The van der Waals surface area contributed by atoms with Gasteiger partial charge in [0.2, 0.25) is 0 Å². The highest BCUT2D eigenvalue weighted by molar-refractivity contribution is 6.32. The molecule has 5 nitrogen and oxygen atoms in total. The van der Waals surface area contributed by atoms with Crippen LogP contribution in [0.4, 0.5) is 5.69 Å². The van der Waals surface area contributed by atoms with Crippen molar-refractivity contribution in [2.45, 2.75) is 20.0 Å². The molecular formula is C18H17ClN2O3. The average Bonchev–Trinajstić information content (AvgIpc) is 2.58. The van der Waals surface area contributed by atoms with Crippen molar-refractivity contribution in [2.24, 2.45) is 0 Å². The van der Waals surface area contributed by atoms with E-state index >= 15 is 0 Å². The molecule has 0 spiro atoms. The van der Waals surface area contributed by atoms with Crippen LogP contribution in [0.3, 0.4) is 0 Å². The maximum atomic E-state index is 12.3. The summed E-state index contributed by atoms with van der Waals surface area (Å²) in [6.45, 7) is 3.99. The SMILES string of the molecule is CCOc1ccccc1NC(=O)[C@H](C)Oc1ccc(C#N)cc1Cl. The summed E-state index contributed by atoms with van der Waals surface area (Å²) in [5.74, 6) is 0.607. The van der Waals surface area contributed by atoms with Crippen LogP contribution in [-0.4, -0.2) is 18.6 Å². The third kappa shape index (κ3) is 4.40. The first kappa shape index (κ1) is 17.6. The van der Waals surface area contributed by atoms with Crippen molar-refractivity contribution >= 4 is 23.2 Å². The van der Waals surface area contributed by atoms with Crippen LogP contribution in [0.1, 0.15) is 19.4 Å². The average molecular weight is 345 g/mol. The molecule has 2 aromatic rings. The Labute approximate surface area is 145 Å². The highest BCUT2D eigenvalue weighted by Gasteiger charge is 2.18. The number of nitrogens with zero attached hydrogens (tertiary/aromatic N) is 1. The Morgan fingerprint density at radius 2 is 2.04 bits per heavy atom. The van der Waals surface area contributed by atoms with Gasteiger partial charge in [-0.2, -0.15) is 5.26 Å². The van der Waals surface area contributed by atoms with E-state index in [1.165, 1.54) is 6.07 Å². The number of anilines is 1. The Kier molecular flexibility index (Phi) is 6.05. The molecule has 0 heterocycles. The number of benzene rings is 2. The van der Waals surface area contributed by atoms with Crippen LogP contribution < -0.4 is 14.8 Å². The smallest absolute Gasteiger partial charge is 0.265 e. The minimum absolute atomic E-state index is 0.281. The second-order valence-corrected chi connectivity index (χ2v) is 5.34. The largest absolute Gasteiger partial charge is 0.492 e. The molecule has 0 unspecified atom stereocenters. The first-order chi connectivity index (χ1) is 11.5. The minimum atomic E-state index is -0.773. The van der Waals surface area contributed by atoms with E-state index in [4.69, 9.17) is 26.3 Å². The summed E-state index contributed by atoms with van der Waals surface area (Å²) in [5, 5.41) is 11.9. The standard InChI is InChI=1S/C18H17ClN2O3/c1-3-23-17-7-5-4-6-15(17)21-18(22)12(2)24-16-9-8-13(11-20)10-14(16)19/h4-10,12H,3H2,1-2H3,(H,21,22)/t12-/m0/s1. The van der Waals surface area contributed by atoms with Gasteiger partial charge < -0.3 is 14.8 Å². The van der Waals surface area contributed by atoms with Crippen molar-refractivity contribution in [1.29, 1.82) is 5.26 Å². The Balaban J connectivity index is 2.07. The number of nitrogens with one attached hydrogen (secondary N) is 1. The van der Waals surface area contributed by atoms with Gasteiger partial charge in [-0.05, 0) is 44.2 Å². The van der Waals surface area contributed by atoms with Gasteiger partial charge in [-0.15, -0.1) is 0 Å². The van der Waals surface area contributed by atoms with E-state index in [1.54, 1.807) is 37.3 Å². The number of hydrogen-bond acceptors (Lipinski definition) is 4. The maximum absolute atomic E-state index is 12.3. The van der Waals surface area contributed by atoms with Gasteiger partial charge in [0.25, 0.3) is 5.91 Å². The second kappa shape index (κ2) is 8.23. The predicted octanol–water partition coefficient (Wildman–Crippen LogP) is 4.02. The van der Waals surface area contributed by atoms with Gasteiger partial charge in [0.05, 0.1) is 28.9 Å². The van der Waals surface area contributed by atoms with Gasteiger partial charge in [0, 0.05) is 0 Å². The van der Waals surface area contributed by atoms with Crippen LogP contribution in [0, 0.1) is 11.3 Å². The number of carbonyl (C=O) groups excluding carboxylic acids is 1. The van der Waals surface area contributed by atoms with Crippen molar-refractivity contribution < 1.29 is 14.3 Å². The lowest BCUT2D eigenvalue weighted by atomic mass is 10.2. The van der Waals surface area contributed by atoms with Crippen molar-refractivity contribution in [1.82, 2.24) is 0 Å². The molecule has 124 valence electrons. The zero-order valence-electron chi connectivity index (χ0n) is 13.4. The molecule has 0 bridgehead atoms. The first-order valence-electron chi connectivity index (χ1n) is 7.44. The van der Waals surface area contributed by atoms with Crippen molar-refractivity contribution in [2.75, 3.05) is 11.9 Å². The molecule has 0 aromatic heterocycles. The third-order valence-corrected chi connectivity index (χ3v) is 3.47. The molecule has 1 N–H and O–H groups in total. The topological polar surface area (TPSA) is 71.3 Å². The summed E-state index contributed by atoms with van der Waals surface area (Å²) >= 11 is 6.06. The predicted molar refractivity (Wildman–Crippen MR) is 92.5 cm³/mol. The number of halogens is 1. The number of carbonyl (C=O) groups is 1. The molecule has 2 rings (SSSR count). The summed E-state index contributed by atoms with van der Waals surface area (Å²) in [7, 11) is 0. The number of amides is 1. The van der Waals surface area contributed by atoms with E-state index in [1.807, 2.05) is 19.1 Å². The van der Waals surface area contributed by atoms with Gasteiger partial charge in [-0.3, -0.25) is 4.79 Å². The van der Waals surface area contributed by atoms with Crippen LogP contribution in [0.25, 0.3) is 0 Å². The second-order valence-electron chi connectivity index (χ2n) is 4.94. The Hall–Kier alpha value is -2.71. The molecule has 0 aliphatic heterocycles. The van der Waals surface area contributed by atoms with E-state index in [0.29, 0.717) is 29.4 Å². The number of ether oxygens (including phenoxy) is 2. The number of para-hydroxylation sites is 2. The molecule has 1 atom stereocenters. The summed E-state index contributed by atoms with van der Waals surface area (Å²) in [6.07, 6.45) is -0.773. The Morgan fingerprint density at radius 3 is 2.71 bits per heavy atom. The molecular weight excluding hydrogens is 328 g/mol. The minimum Gasteiger partial charge on any atom is -0.492 e. The van der Waals surface area contributed by atoms with E-state index in [9.17, 15) is 4.79 Å². The van der Waals surface area contributed by atoms with Gasteiger partial charge in [-0.25, -0.2) is 0 Å². The van der Waals surface area contributed by atoms with Crippen molar-refractivity contribution in [3.8, 4) is 17.6 Å². The normalized spacial score (nSPS) is 11.2. The van der Waals surface area contributed by atoms with Crippen LogP contribution >= 0.6 is 11.6 Å². The molecule has 0 saturated heterocycles. The summed E-state index contributed by atoms with van der Waals surface area (Å²) in [6, 6.07) is 13.8. The van der Waals surface area contributed by atoms with E-state index < -0.39 is 6.10 Å². The molecule has 0 aliphatic carbocycles. The van der Waals surface area contributed by atoms with E-state index in [-0.39, 0.29) is 10.9 Å². The monoisotopic (exact) mass is 344 g/mol.